The van der Waals surface area contributed by atoms with E-state index >= 15 is 0 Å². The fourth-order valence-electron chi connectivity index (χ4n) is 1.76. The predicted octanol–water partition coefficient (Wildman–Crippen LogP) is 4.12. The molecule has 18 heavy (non-hydrogen) atoms. The van der Waals surface area contributed by atoms with Gasteiger partial charge in [-0.25, -0.2) is 0 Å². The molecule has 0 saturated carbocycles. The quantitative estimate of drug-likeness (QED) is 0.793. The monoisotopic (exact) mass is 327 g/mol. The van der Waals surface area contributed by atoms with Crippen LogP contribution >= 0.6 is 27.3 Å². The van der Waals surface area contributed by atoms with Crippen LogP contribution in [0.4, 0.5) is 0 Å². The third-order valence-electron chi connectivity index (χ3n) is 2.66. The van der Waals surface area contributed by atoms with Crippen LogP contribution in [0.2, 0.25) is 0 Å². The van der Waals surface area contributed by atoms with Gasteiger partial charge in [-0.15, -0.1) is 11.3 Å². The van der Waals surface area contributed by atoms with Crippen molar-refractivity contribution in [1.29, 1.82) is 0 Å². The molecule has 0 bridgehead atoms. The zero-order valence-corrected chi connectivity index (χ0v) is 12.7. The fourth-order valence-corrected chi connectivity index (χ4v) is 3.44. The molecular weight excluding hydrogens is 314 g/mol. The van der Waals surface area contributed by atoms with Crippen molar-refractivity contribution in [3.63, 3.8) is 0 Å². The van der Waals surface area contributed by atoms with Crippen LogP contribution in [0, 0.1) is 0 Å². The van der Waals surface area contributed by atoms with E-state index in [1.807, 2.05) is 20.0 Å². The van der Waals surface area contributed by atoms with Crippen LogP contribution in [0.5, 0.6) is 0 Å². The number of ether oxygens (including phenoxy) is 1. The summed E-state index contributed by atoms with van der Waals surface area (Å²) < 4.78 is 7.15. The van der Waals surface area contributed by atoms with E-state index < -0.39 is 0 Å². The first kappa shape index (κ1) is 13.5. The van der Waals surface area contributed by atoms with E-state index in [-0.39, 0.29) is 11.9 Å². The first-order chi connectivity index (χ1) is 8.61. The summed E-state index contributed by atoms with van der Waals surface area (Å²) in [7, 11) is 0. The molecule has 0 aromatic carbocycles. The Kier molecular flexibility index (Phi) is 4.35. The number of thiophene rings is 1. The number of pyridine rings is 1. The van der Waals surface area contributed by atoms with E-state index in [0.717, 1.165) is 9.86 Å². The molecule has 0 aliphatic carbocycles. The standard InChI is InChI=1S/C13H14BrNO2S/c1-3-17-12(16)4-8(2)11-5-9-6-15-7-10(14)13(9)18-11/h5-8H,3-4H2,1-2H3. The molecule has 3 nitrogen and oxygen atoms in total. The predicted molar refractivity (Wildman–Crippen MR) is 77.0 cm³/mol. The Hall–Kier alpha value is -0.940. The number of hydrogen-bond donors (Lipinski definition) is 0. The largest absolute Gasteiger partial charge is 0.466 e. The Morgan fingerprint density at radius 3 is 3.00 bits per heavy atom. The molecule has 2 heterocycles. The first-order valence-electron chi connectivity index (χ1n) is 5.80. The summed E-state index contributed by atoms with van der Waals surface area (Å²) in [6.45, 7) is 4.31. The third kappa shape index (κ3) is 2.90. The van der Waals surface area contributed by atoms with Crippen LogP contribution in [0.3, 0.4) is 0 Å². The highest BCUT2D eigenvalue weighted by atomic mass is 79.9. The SMILES string of the molecule is CCOC(=O)CC(C)c1cc2cncc(Br)c2s1. The van der Waals surface area contributed by atoms with Gasteiger partial charge in [-0.1, -0.05) is 6.92 Å². The molecule has 5 heteroatoms. The minimum atomic E-state index is -0.139. The number of aromatic nitrogens is 1. The maximum atomic E-state index is 11.5. The fraction of sp³-hybridized carbons (Fsp3) is 0.385. The normalized spacial score (nSPS) is 12.6. The average Bonchev–Trinajstić information content (AvgIpc) is 2.74. The van der Waals surface area contributed by atoms with Gasteiger partial charge in [0.25, 0.3) is 0 Å². The van der Waals surface area contributed by atoms with Crippen molar-refractivity contribution in [2.75, 3.05) is 6.61 Å². The summed E-state index contributed by atoms with van der Waals surface area (Å²) in [5.41, 5.74) is 0. The van der Waals surface area contributed by atoms with Crippen LogP contribution in [0.1, 0.15) is 31.1 Å². The van der Waals surface area contributed by atoms with E-state index in [4.69, 9.17) is 4.74 Å². The van der Waals surface area contributed by atoms with Gasteiger partial charge in [0, 0.05) is 28.6 Å². The smallest absolute Gasteiger partial charge is 0.306 e. The molecule has 1 unspecified atom stereocenters. The molecule has 0 fully saturated rings. The zero-order valence-electron chi connectivity index (χ0n) is 10.3. The van der Waals surface area contributed by atoms with Crippen LogP contribution in [-0.2, 0) is 9.53 Å². The van der Waals surface area contributed by atoms with Crippen LogP contribution < -0.4 is 0 Å². The minimum Gasteiger partial charge on any atom is -0.466 e. The second kappa shape index (κ2) is 5.80. The van der Waals surface area contributed by atoms with Gasteiger partial charge in [0.05, 0.1) is 22.2 Å². The molecule has 0 saturated heterocycles. The number of halogens is 1. The van der Waals surface area contributed by atoms with Gasteiger partial charge < -0.3 is 4.74 Å². The lowest BCUT2D eigenvalue weighted by molar-refractivity contribution is -0.143. The number of rotatable bonds is 4. The number of hydrogen-bond acceptors (Lipinski definition) is 4. The number of carbonyl (C=O) groups excluding carboxylic acids is 1. The highest BCUT2D eigenvalue weighted by Crippen LogP contribution is 2.35. The second-order valence-corrected chi connectivity index (χ2v) is 6.04. The van der Waals surface area contributed by atoms with E-state index in [0.29, 0.717) is 13.0 Å². The maximum absolute atomic E-state index is 11.5. The van der Waals surface area contributed by atoms with Crippen LogP contribution in [0.15, 0.2) is 22.9 Å². The summed E-state index contributed by atoms with van der Waals surface area (Å²) in [5, 5.41) is 1.11. The van der Waals surface area contributed by atoms with E-state index in [9.17, 15) is 4.79 Å². The molecule has 0 N–H and O–H groups in total. The van der Waals surface area contributed by atoms with E-state index in [1.54, 1.807) is 17.5 Å². The molecule has 2 aromatic heterocycles. The van der Waals surface area contributed by atoms with Crippen molar-refractivity contribution in [2.45, 2.75) is 26.2 Å². The van der Waals surface area contributed by atoms with Crippen molar-refractivity contribution in [3.05, 3.63) is 27.8 Å². The summed E-state index contributed by atoms with van der Waals surface area (Å²) in [6, 6.07) is 2.10. The lowest BCUT2D eigenvalue weighted by Gasteiger charge is -2.07. The molecule has 2 rings (SSSR count). The van der Waals surface area contributed by atoms with Crippen molar-refractivity contribution >= 4 is 43.3 Å². The van der Waals surface area contributed by atoms with Crippen molar-refractivity contribution in [1.82, 2.24) is 4.98 Å². The number of nitrogens with zero attached hydrogens (tertiary/aromatic N) is 1. The number of fused-ring (bicyclic) bond motifs is 1. The molecule has 0 amide bonds. The van der Waals surface area contributed by atoms with Gasteiger partial charge >= 0.3 is 5.97 Å². The third-order valence-corrected chi connectivity index (χ3v) is 4.94. The lowest BCUT2D eigenvalue weighted by Crippen LogP contribution is -2.07. The number of carbonyl (C=O) groups is 1. The van der Waals surface area contributed by atoms with Crippen molar-refractivity contribution in [3.8, 4) is 0 Å². The molecule has 1 atom stereocenters. The molecule has 96 valence electrons. The Morgan fingerprint density at radius 1 is 1.56 bits per heavy atom. The van der Waals surface area contributed by atoms with Crippen LogP contribution in [-0.4, -0.2) is 17.6 Å². The molecule has 0 aliphatic rings. The Balaban J connectivity index is 2.20. The zero-order chi connectivity index (χ0) is 13.1. The Bertz CT molecular complexity index is 567. The Morgan fingerprint density at radius 2 is 2.33 bits per heavy atom. The van der Waals surface area contributed by atoms with Gasteiger partial charge in [0.2, 0.25) is 0 Å². The summed E-state index contributed by atoms with van der Waals surface area (Å²) in [6.07, 6.45) is 4.06. The van der Waals surface area contributed by atoms with Crippen LogP contribution in [0.25, 0.3) is 10.1 Å². The summed E-state index contributed by atoms with van der Waals surface area (Å²) in [5.74, 6) is 0.0352. The average molecular weight is 328 g/mol. The number of esters is 1. The topological polar surface area (TPSA) is 39.2 Å². The summed E-state index contributed by atoms with van der Waals surface area (Å²) in [4.78, 5) is 16.8. The maximum Gasteiger partial charge on any atom is 0.306 e. The first-order valence-corrected chi connectivity index (χ1v) is 7.41. The van der Waals surface area contributed by atoms with Gasteiger partial charge in [-0.3, -0.25) is 9.78 Å². The summed E-state index contributed by atoms with van der Waals surface area (Å²) >= 11 is 5.19. The Labute approximate surface area is 118 Å². The molecular formula is C13H14BrNO2S. The molecule has 0 radical (unpaired) electrons. The van der Waals surface area contributed by atoms with E-state index in [1.165, 1.54) is 9.58 Å². The second-order valence-electron chi connectivity index (χ2n) is 4.10. The lowest BCUT2D eigenvalue weighted by atomic mass is 10.1. The molecule has 0 aliphatic heterocycles. The molecule has 0 spiro atoms. The molecule has 2 aromatic rings. The van der Waals surface area contributed by atoms with E-state index in [2.05, 4.69) is 27.0 Å². The van der Waals surface area contributed by atoms with Crippen molar-refractivity contribution in [2.24, 2.45) is 0 Å². The van der Waals surface area contributed by atoms with Gasteiger partial charge in [0.15, 0.2) is 0 Å². The van der Waals surface area contributed by atoms with Gasteiger partial charge in [0.1, 0.15) is 0 Å². The van der Waals surface area contributed by atoms with Gasteiger partial charge in [-0.2, -0.15) is 0 Å². The highest BCUT2D eigenvalue weighted by molar-refractivity contribution is 9.10. The van der Waals surface area contributed by atoms with Crippen molar-refractivity contribution < 1.29 is 9.53 Å². The van der Waals surface area contributed by atoms with Gasteiger partial charge in [-0.05, 0) is 28.9 Å². The minimum absolute atomic E-state index is 0.139. The highest BCUT2D eigenvalue weighted by Gasteiger charge is 2.15.